The molecular weight excluding hydrogens is 208 g/mol. The normalized spacial score (nSPS) is 22.5. The number of ether oxygens (including phenoxy) is 2. The molecule has 2 heterocycles. The lowest BCUT2D eigenvalue weighted by molar-refractivity contribution is -0.0998. The summed E-state index contributed by atoms with van der Waals surface area (Å²) in [5, 5.41) is 7.72. The van der Waals surface area contributed by atoms with Gasteiger partial charge in [-0.3, -0.25) is 0 Å². The Morgan fingerprint density at radius 1 is 1.36 bits per heavy atom. The maximum atomic E-state index is 5.55. The van der Waals surface area contributed by atoms with E-state index in [1.165, 1.54) is 0 Å². The van der Waals surface area contributed by atoms with Crippen molar-refractivity contribution in [1.29, 1.82) is 0 Å². The molecule has 1 aromatic rings. The molecule has 1 atom stereocenters. The summed E-state index contributed by atoms with van der Waals surface area (Å²) in [7, 11) is 0. The van der Waals surface area contributed by atoms with Crippen LogP contribution in [0.25, 0.3) is 0 Å². The average Bonchev–Trinajstić information content (AvgIpc) is 2.68. The van der Waals surface area contributed by atoms with Gasteiger partial charge in [0.2, 0.25) is 11.8 Å². The molecule has 0 N–H and O–H groups in total. The minimum absolute atomic E-state index is 0.222. The Morgan fingerprint density at radius 2 is 2.29 bits per heavy atom. The SMILES string of the molecule is ClCCc1nnc(C2COCCO2)o1. The van der Waals surface area contributed by atoms with Crippen LogP contribution in [-0.4, -0.2) is 35.9 Å². The number of rotatable bonds is 3. The van der Waals surface area contributed by atoms with Crippen molar-refractivity contribution < 1.29 is 13.9 Å². The zero-order valence-corrected chi connectivity index (χ0v) is 8.37. The number of alkyl halides is 1. The lowest BCUT2D eigenvalue weighted by atomic mass is 10.3. The quantitative estimate of drug-likeness (QED) is 0.707. The van der Waals surface area contributed by atoms with Gasteiger partial charge in [0.05, 0.1) is 19.8 Å². The smallest absolute Gasteiger partial charge is 0.247 e. The minimum Gasteiger partial charge on any atom is -0.422 e. The Labute approximate surface area is 86.3 Å². The first kappa shape index (κ1) is 9.89. The van der Waals surface area contributed by atoms with Crippen molar-refractivity contribution in [3.63, 3.8) is 0 Å². The van der Waals surface area contributed by atoms with Gasteiger partial charge in [0, 0.05) is 12.3 Å². The highest BCUT2D eigenvalue weighted by Gasteiger charge is 2.22. The van der Waals surface area contributed by atoms with Crippen molar-refractivity contribution in [1.82, 2.24) is 10.2 Å². The zero-order valence-electron chi connectivity index (χ0n) is 7.61. The standard InChI is InChI=1S/C8H11ClN2O3/c9-2-1-7-10-11-8(14-7)6-5-12-3-4-13-6/h6H,1-5H2. The van der Waals surface area contributed by atoms with Crippen LogP contribution in [0.15, 0.2) is 4.42 Å². The fourth-order valence-corrected chi connectivity index (χ4v) is 1.37. The molecule has 2 rings (SSSR count). The third-order valence-corrected chi connectivity index (χ3v) is 2.07. The molecule has 0 aliphatic carbocycles. The molecule has 0 amide bonds. The van der Waals surface area contributed by atoms with E-state index < -0.39 is 0 Å². The first-order valence-corrected chi connectivity index (χ1v) is 5.01. The maximum absolute atomic E-state index is 5.55. The van der Waals surface area contributed by atoms with E-state index in [-0.39, 0.29) is 6.10 Å². The molecule has 0 spiro atoms. The summed E-state index contributed by atoms with van der Waals surface area (Å²) in [6.07, 6.45) is 0.364. The summed E-state index contributed by atoms with van der Waals surface area (Å²) in [4.78, 5) is 0. The van der Waals surface area contributed by atoms with E-state index in [0.717, 1.165) is 0 Å². The number of aryl methyl sites for hydroxylation is 1. The minimum atomic E-state index is -0.222. The molecule has 0 radical (unpaired) electrons. The van der Waals surface area contributed by atoms with Crippen molar-refractivity contribution in [2.45, 2.75) is 12.5 Å². The van der Waals surface area contributed by atoms with Gasteiger partial charge in [0.1, 0.15) is 0 Å². The van der Waals surface area contributed by atoms with E-state index in [1.54, 1.807) is 0 Å². The molecule has 1 aromatic heterocycles. The summed E-state index contributed by atoms with van der Waals surface area (Å²) >= 11 is 5.55. The molecule has 5 nitrogen and oxygen atoms in total. The summed E-state index contributed by atoms with van der Waals surface area (Å²) in [5.74, 6) is 1.50. The van der Waals surface area contributed by atoms with E-state index in [4.69, 9.17) is 25.5 Å². The van der Waals surface area contributed by atoms with Crippen LogP contribution in [0.2, 0.25) is 0 Å². The largest absolute Gasteiger partial charge is 0.422 e. The first-order chi connectivity index (χ1) is 6.90. The Hall–Kier alpha value is -0.650. The van der Waals surface area contributed by atoms with E-state index in [0.29, 0.717) is 43.9 Å². The predicted octanol–water partition coefficient (Wildman–Crippen LogP) is 0.939. The van der Waals surface area contributed by atoms with E-state index in [1.807, 2.05) is 0 Å². The number of hydrogen-bond donors (Lipinski definition) is 0. The average molecular weight is 219 g/mol. The topological polar surface area (TPSA) is 57.4 Å². The van der Waals surface area contributed by atoms with Crippen LogP contribution in [0.4, 0.5) is 0 Å². The van der Waals surface area contributed by atoms with Crippen LogP contribution in [0.1, 0.15) is 17.9 Å². The molecule has 14 heavy (non-hydrogen) atoms. The summed E-state index contributed by atoms with van der Waals surface area (Å²) in [5.41, 5.74) is 0. The Balaban J connectivity index is 2.00. The molecule has 1 saturated heterocycles. The molecule has 1 unspecified atom stereocenters. The van der Waals surface area contributed by atoms with Gasteiger partial charge in [0.15, 0.2) is 6.10 Å². The highest BCUT2D eigenvalue weighted by Crippen LogP contribution is 2.19. The van der Waals surface area contributed by atoms with E-state index in [2.05, 4.69) is 10.2 Å². The number of halogens is 1. The van der Waals surface area contributed by atoms with Gasteiger partial charge in [0.25, 0.3) is 0 Å². The van der Waals surface area contributed by atoms with Gasteiger partial charge in [-0.1, -0.05) is 0 Å². The predicted molar refractivity (Wildman–Crippen MR) is 48.2 cm³/mol. The number of hydrogen-bond acceptors (Lipinski definition) is 5. The monoisotopic (exact) mass is 218 g/mol. The molecule has 1 fully saturated rings. The Kier molecular flexibility index (Phi) is 3.34. The summed E-state index contributed by atoms with van der Waals surface area (Å²) in [6.45, 7) is 1.67. The second-order valence-corrected chi connectivity index (χ2v) is 3.29. The fraction of sp³-hybridized carbons (Fsp3) is 0.750. The number of aromatic nitrogens is 2. The van der Waals surface area contributed by atoms with Gasteiger partial charge < -0.3 is 13.9 Å². The van der Waals surface area contributed by atoms with Gasteiger partial charge in [-0.2, -0.15) is 0 Å². The highest BCUT2D eigenvalue weighted by atomic mass is 35.5. The van der Waals surface area contributed by atoms with Crippen LogP contribution in [0.3, 0.4) is 0 Å². The number of nitrogens with zero attached hydrogens (tertiary/aromatic N) is 2. The molecule has 1 aliphatic heterocycles. The highest BCUT2D eigenvalue weighted by molar-refractivity contribution is 6.17. The van der Waals surface area contributed by atoms with Crippen molar-refractivity contribution in [3.8, 4) is 0 Å². The summed E-state index contributed by atoms with van der Waals surface area (Å²) in [6, 6.07) is 0. The third-order valence-electron chi connectivity index (χ3n) is 1.88. The van der Waals surface area contributed by atoms with Crippen LogP contribution >= 0.6 is 11.6 Å². The van der Waals surface area contributed by atoms with Crippen molar-refractivity contribution in [2.75, 3.05) is 25.7 Å². The zero-order chi connectivity index (χ0) is 9.80. The molecule has 6 heteroatoms. The first-order valence-electron chi connectivity index (χ1n) is 4.47. The maximum Gasteiger partial charge on any atom is 0.247 e. The Bertz CT molecular complexity index is 286. The van der Waals surface area contributed by atoms with Crippen LogP contribution in [0, 0.1) is 0 Å². The van der Waals surface area contributed by atoms with Gasteiger partial charge in [-0.05, 0) is 0 Å². The van der Waals surface area contributed by atoms with Crippen LogP contribution in [0.5, 0.6) is 0 Å². The lowest BCUT2D eigenvalue weighted by Gasteiger charge is -2.19. The van der Waals surface area contributed by atoms with Gasteiger partial charge in [-0.25, -0.2) is 0 Å². The lowest BCUT2D eigenvalue weighted by Crippen LogP contribution is -2.22. The van der Waals surface area contributed by atoms with Crippen LogP contribution < -0.4 is 0 Å². The van der Waals surface area contributed by atoms with Crippen LogP contribution in [-0.2, 0) is 15.9 Å². The summed E-state index contributed by atoms with van der Waals surface area (Å²) < 4.78 is 16.0. The third kappa shape index (κ3) is 2.23. The second-order valence-electron chi connectivity index (χ2n) is 2.91. The van der Waals surface area contributed by atoms with Crippen molar-refractivity contribution in [2.24, 2.45) is 0 Å². The second kappa shape index (κ2) is 4.72. The van der Waals surface area contributed by atoms with E-state index >= 15 is 0 Å². The molecule has 1 aliphatic rings. The fourth-order valence-electron chi connectivity index (χ4n) is 1.21. The van der Waals surface area contributed by atoms with E-state index in [9.17, 15) is 0 Å². The van der Waals surface area contributed by atoms with Crippen molar-refractivity contribution >= 4 is 11.6 Å². The van der Waals surface area contributed by atoms with Gasteiger partial charge in [-0.15, -0.1) is 21.8 Å². The molecule has 0 aromatic carbocycles. The molecule has 78 valence electrons. The molecule has 0 saturated carbocycles. The molecular formula is C8H11ClN2O3. The Morgan fingerprint density at radius 3 is 3.00 bits per heavy atom. The van der Waals surface area contributed by atoms with Crippen molar-refractivity contribution in [3.05, 3.63) is 11.8 Å². The molecule has 0 bridgehead atoms. The van der Waals surface area contributed by atoms with Gasteiger partial charge >= 0.3 is 0 Å².